The number of thiocarbonyl (C=S) groups is 1. The Labute approximate surface area is 77.7 Å². The largest absolute Gasteiger partial charge is 0.348 e. The van der Waals surface area contributed by atoms with Gasteiger partial charge in [-0.3, -0.25) is 5.32 Å². The van der Waals surface area contributed by atoms with Gasteiger partial charge < -0.3 is 0 Å². The molecular weight excluding hydrogens is 190 g/mol. The zero-order chi connectivity index (χ0) is 9.42. The highest BCUT2D eigenvalue weighted by Crippen LogP contribution is 2.20. The number of nitrogens with zero attached hydrogens (tertiary/aromatic N) is 4. The van der Waals surface area contributed by atoms with Crippen LogP contribution >= 0.6 is 12.2 Å². The van der Waals surface area contributed by atoms with Gasteiger partial charge in [-0.05, 0) is 0 Å². The number of rotatable bonds is 0. The van der Waals surface area contributed by atoms with E-state index >= 15 is 0 Å². The summed E-state index contributed by atoms with van der Waals surface area (Å²) >= 11 is 4.82. The van der Waals surface area contributed by atoms with Crippen molar-refractivity contribution in [3.8, 4) is 6.07 Å². The van der Waals surface area contributed by atoms with Gasteiger partial charge in [0.2, 0.25) is 0 Å². The van der Waals surface area contributed by atoms with Gasteiger partial charge in [-0.15, -0.1) is 10.2 Å². The number of urea groups is 1. The Balaban J connectivity index is 2.62. The van der Waals surface area contributed by atoms with Gasteiger partial charge in [0.05, 0.1) is 5.57 Å². The first-order valence-corrected chi connectivity index (χ1v) is 3.63. The lowest BCUT2D eigenvalue weighted by Gasteiger charge is -2.09. The molecule has 2 heterocycles. The average molecular weight is 191 g/mol. The highest BCUT2D eigenvalue weighted by molar-refractivity contribution is 7.81. The van der Waals surface area contributed by atoms with E-state index in [-0.39, 0.29) is 16.5 Å². The Hall–Kier alpha value is -1.94. The number of allylic oxidation sites excluding steroid dienone is 1. The first-order chi connectivity index (χ1) is 6.22. The molecule has 6 nitrogen and oxygen atoms in total. The number of fused-ring (bicyclic) bond motifs is 1. The van der Waals surface area contributed by atoms with Crippen LogP contribution in [0.15, 0.2) is 26.5 Å². The maximum absolute atomic E-state index is 10.8. The Morgan fingerprint density at radius 3 is 2.92 bits per heavy atom. The van der Waals surface area contributed by atoms with Crippen LogP contribution in [0.1, 0.15) is 0 Å². The second-order valence-electron chi connectivity index (χ2n) is 2.23. The molecule has 0 saturated heterocycles. The molecule has 0 aromatic heterocycles. The fraction of sp³-hybridized carbons (Fsp3) is 0. The molecule has 0 spiro atoms. The topological polar surface area (TPSA) is 90.0 Å². The minimum absolute atomic E-state index is 0.0868. The van der Waals surface area contributed by atoms with Crippen molar-refractivity contribution in [1.82, 2.24) is 5.32 Å². The maximum atomic E-state index is 10.8. The van der Waals surface area contributed by atoms with E-state index in [0.717, 1.165) is 0 Å². The number of hydrogen-bond acceptors (Lipinski definition) is 5. The Morgan fingerprint density at radius 1 is 1.46 bits per heavy atom. The molecule has 0 aromatic rings. The second kappa shape index (κ2) is 2.53. The Bertz CT molecular complexity index is 452. The third-order valence-corrected chi connectivity index (χ3v) is 1.77. The van der Waals surface area contributed by atoms with Gasteiger partial charge in [0.15, 0.2) is 11.5 Å². The zero-order valence-electron chi connectivity index (χ0n) is 6.11. The normalized spacial score (nSPS) is 19.5. The van der Waals surface area contributed by atoms with Crippen molar-refractivity contribution in [2.75, 3.05) is 0 Å². The molecule has 0 unspecified atom stereocenters. The van der Waals surface area contributed by atoms with Crippen LogP contribution in [0.25, 0.3) is 0 Å². The number of carbonyl (C=O) groups excluding carboxylic acids is 1. The van der Waals surface area contributed by atoms with Crippen molar-refractivity contribution in [3.63, 3.8) is 0 Å². The molecule has 0 fully saturated rings. The minimum atomic E-state index is -0.582. The molecule has 0 saturated carbocycles. The van der Waals surface area contributed by atoms with Crippen molar-refractivity contribution in [2.24, 2.45) is 15.2 Å². The summed E-state index contributed by atoms with van der Waals surface area (Å²) in [4.78, 5) is 14.5. The van der Waals surface area contributed by atoms with E-state index in [2.05, 4.69) is 20.5 Å². The summed E-state index contributed by atoms with van der Waals surface area (Å²) in [6.07, 6.45) is 0. The van der Waals surface area contributed by atoms with E-state index < -0.39 is 6.03 Å². The Kier molecular flexibility index (Phi) is 1.50. The molecule has 1 N–H and O–H groups in total. The van der Waals surface area contributed by atoms with E-state index in [1.54, 1.807) is 0 Å². The van der Waals surface area contributed by atoms with E-state index in [9.17, 15) is 4.79 Å². The van der Waals surface area contributed by atoms with Crippen LogP contribution in [-0.4, -0.2) is 16.9 Å². The van der Waals surface area contributed by atoms with Gasteiger partial charge in [0.25, 0.3) is 0 Å². The zero-order valence-corrected chi connectivity index (χ0v) is 6.92. The average Bonchev–Trinajstić information content (AvgIpc) is 2.47. The number of hydrogen-bond donors (Lipinski definition) is 1. The van der Waals surface area contributed by atoms with Crippen molar-refractivity contribution in [1.29, 1.82) is 5.26 Å². The first-order valence-electron chi connectivity index (χ1n) is 3.23. The van der Waals surface area contributed by atoms with Crippen LogP contribution in [0.4, 0.5) is 4.79 Å². The number of azo groups is 1. The number of nitriles is 1. The van der Waals surface area contributed by atoms with E-state index in [4.69, 9.17) is 17.5 Å². The summed E-state index contributed by atoms with van der Waals surface area (Å²) < 4.78 is 0. The molecule has 2 rings (SSSR count). The maximum Gasteiger partial charge on any atom is 0.348 e. The van der Waals surface area contributed by atoms with Crippen LogP contribution < -0.4 is 5.32 Å². The number of amidine groups is 1. The molecular formula is C6HN5OS. The third kappa shape index (κ3) is 1.04. The molecule has 13 heavy (non-hydrogen) atoms. The molecule has 2 aliphatic rings. The number of aliphatic imine (C=N–C) groups is 1. The summed E-state index contributed by atoms with van der Waals surface area (Å²) in [7, 11) is 0. The molecule has 0 radical (unpaired) electrons. The SMILES string of the molecule is N#CC1=C2C(=S)NC(=O)N=C2N=N1. The van der Waals surface area contributed by atoms with E-state index in [1.807, 2.05) is 6.07 Å². The van der Waals surface area contributed by atoms with Gasteiger partial charge in [0, 0.05) is 0 Å². The highest BCUT2D eigenvalue weighted by Gasteiger charge is 2.29. The van der Waals surface area contributed by atoms with E-state index in [0.29, 0.717) is 5.57 Å². The van der Waals surface area contributed by atoms with Crippen molar-refractivity contribution >= 4 is 29.1 Å². The molecule has 2 aliphatic heterocycles. The lowest BCUT2D eigenvalue weighted by molar-refractivity contribution is 0.253. The van der Waals surface area contributed by atoms with Gasteiger partial charge in [-0.1, -0.05) is 12.2 Å². The molecule has 2 amide bonds. The first kappa shape index (κ1) is 7.70. The van der Waals surface area contributed by atoms with Crippen LogP contribution in [0, 0.1) is 11.3 Å². The number of carbonyl (C=O) groups is 1. The molecule has 62 valence electrons. The summed E-state index contributed by atoms with van der Waals surface area (Å²) in [6, 6.07) is 1.23. The van der Waals surface area contributed by atoms with Gasteiger partial charge in [0.1, 0.15) is 11.1 Å². The fourth-order valence-corrected chi connectivity index (χ4v) is 1.23. The lowest BCUT2D eigenvalue weighted by Crippen LogP contribution is -2.35. The summed E-state index contributed by atoms with van der Waals surface area (Å²) in [5, 5.41) is 17.9. The molecule has 0 aliphatic carbocycles. The quantitative estimate of drug-likeness (QED) is 0.571. The molecule has 0 bridgehead atoms. The summed E-state index contributed by atoms with van der Waals surface area (Å²) in [5.41, 5.74) is 0.417. The van der Waals surface area contributed by atoms with Crippen LogP contribution in [0.2, 0.25) is 0 Å². The molecule has 0 atom stereocenters. The number of nitrogens with one attached hydrogen (secondary N) is 1. The summed E-state index contributed by atoms with van der Waals surface area (Å²) in [6.45, 7) is 0. The second-order valence-corrected chi connectivity index (χ2v) is 2.64. The molecule has 7 heteroatoms. The predicted molar refractivity (Wildman–Crippen MR) is 46.1 cm³/mol. The minimum Gasteiger partial charge on any atom is -0.296 e. The van der Waals surface area contributed by atoms with Gasteiger partial charge >= 0.3 is 6.03 Å². The number of amides is 2. The standard InChI is InChI=1S/C6HN5OS/c7-1-2-3-4(11-10-2)8-6(12)9-5(3)13/h(H,9,12,13). The highest BCUT2D eigenvalue weighted by atomic mass is 32.1. The van der Waals surface area contributed by atoms with Gasteiger partial charge in [-0.2, -0.15) is 10.3 Å². The monoisotopic (exact) mass is 191 g/mol. The fourth-order valence-electron chi connectivity index (χ4n) is 0.953. The van der Waals surface area contributed by atoms with Crippen molar-refractivity contribution < 1.29 is 4.79 Å². The smallest absolute Gasteiger partial charge is 0.296 e. The molecule has 0 aromatic carbocycles. The van der Waals surface area contributed by atoms with Gasteiger partial charge in [-0.25, -0.2) is 4.79 Å². The third-order valence-electron chi connectivity index (χ3n) is 1.47. The Morgan fingerprint density at radius 2 is 2.23 bits per heavy atom. The van der Waals surface area contributed by atoms with Crippen molar-refractivity contribution in [3.05, 3.63) is 11.3 Å². The van der Waals surface area contributed by atoms with Crippen LogP contribution in [-0.2, 0) is 0 Å². The van der Waals surface area contributed by atoms with Crippen molar-refractivity contribution in [2.45, 2.75) is 0 Å². The van der Waals surface area contributed by atoms with E-state index in [1.165, 1.54) is 0 Å². The van der Waals surface area contributed by atoms with Crippen LogP contribution in [0.5, 0.6) is 0 Å². The summed E-state index contributed by atoms with van der Waals surface area (Å²) in [5.74, 6) is 0.116. The van der Waals surface area contributed by atoms with Crippen LogP contribution in [0.3, 0.4) is 0 Å². The predicted octanol–water partition coefficient (Wildman–Crippen LogP) is 0.679. The lowest BCUT2D eigenvalue weighted by atomic mass is 10.2.